The lowest BCUT2D eigenvalue weighted by molar-refractivity contribution is 0.100. The number of nitrogens with one attached hydrogen (secondary N) is 1. The number of primary amides is 1. The summed E-state index contributed by atoms with van der Waals surface area (Å²) in [5.41, 5.74) is 7.09. The smallest absolute Gasteiger partial charge is 0.248 e. The molecule has 1 amide bonds. The quantitative estimate of drug-likeness (QED) is 0.889. The van der Waals surface area contributed by atoms with Crippen LogP contribution in [0.4, 0.5) is 0 Å². The Bertz CT molecular complexity index is 463. The Labute approximate surface area is 126 Å². The zero-order valence-corrected chi connectivity index (χ0v) is 12.4. The SMILES string of the molecule is Cl.NC(=O)c1ccc(CN2CCC3CCC(C2)N3)cc1. The summed E-state index contributed by atoms with van der Waals surface area (Å²) in [4.78, 5) is 13.5. The maximum absolute atomic E-state index is 11.0. The van der Waals surface area contributed by atoms with Crippen LogP contribution in [0.2, 0.25) is 0 Å². The molecule has 3 rings (SSSR count). The van der Waals surface area contributed by atoms with Crippen LogP contribution in [0, 0.1) is 0 Å². The first-order valence-corrected chi connectivity index (χ1v) is 7.08. The van der Waals surface area contributed by atoms with Crippen LogP contribution in [0.3, 0.4) is 0 Å². The maximum atomic E-state index is 11.0. The zero-order chi connectivity index (χ0) is 13.2. The van der Waals surface area contributed by atoms with Crippen molar-refractivity contribution in [2.75, 3.05) is 13.1 Å². The Morgan fingerprint density at radius 3 is 2.60 bits per heavy atom. The fourth-order valence-corrected chi connectivity index (χ4v) is 3.19. The van der Waals surface area contributed by atoms with Gasteiger partial charge in [0.1, 0.15) is 0 Å². The number of carbonyl (C=O) groups is 1. The van der Waals surface area contributed by atoms with E-state index in [1.807, 2.05) is 24.3 Å². The van der Waals surface area contributed by atoms with E-state index in [0.29, 0.717) is 11.6 Å². The van der Waals surface area contributed by atoms with E-state index in [2.05, 4.69) is 10.2 Å². The van der Waals surface area contributed by atoms with Crippen LogP contribution in [-0.2, 0) is 6.54 Å². The molecule has 0 aliphatic carbocycles. The van der Waals surface area contributed by atoms with Gasteiger partial charge in [0, 0.05) is 37.3 Å². The predicted molar refractivity (Wildman–Crippen MR) is 82.0 cm³/mol. The number of hydrogen-bond donors (Lipinski definition) is 2. The highest BCUT2D eigenvalue weighted by Gasteiger charge is 2.28. The molecule has 2 heterocycles. The van der Waals surface area contributed by atoms with Gasteiger partial charge in [-0.1, -0.05) is 12.1 Å². The monoisotopic (exact) mass is 295 g/mol. The number of nitrogens with two attached hydrogens (primary N) is 1. The van der Waals surface area contributed by atoms with Gasteiger partial charge in [-0.3, -0.25) is 9.69 Å². The third-order valence-electron chi connectivity index (χ3n) is 4.25. The molecule has 2 atom stereocenters. The van der Waals surface area contributed by atoms with Crippen LogP contribution in [0.15, 0.2) is 24.3 Å². The lowest BCUT2D eigenvalue weighted by atomic mass is 10.1. The van der Waals surface area contributed by atoms with Crippen LogP contribution in [0.1, 0.15) is 35.2 Å². The fourth-order valence-electron chi connectivity index (χ4n) is 3.19. The van der Waals surface area contributed by atoms with Crippen LogP contribution >= 0.6 is 12.4 Å². The van der Waals surface area contributed by atoms with E-state index in [9.17, 15) is 4.79 Å². The van der Waals surface area contributed by atoms with Crippen LogP contribution in [0.25, 0.3) is 0 Å². The minimum atomic E-state index is -0.358. The second-order valence-electron chi connectivity index (χ2n) is 5.72. The third kappa shape index (κ3) is 3.51. The highest BCUT2D eigenvalue weighted by atomic mass is 35.5. The minimum Gasteiger partial charge on any atom is -0.366 e. The molecule has 1 aromatic carbocycles. The van der Waals surface area contributed by atoms with Gasteiger partial charge >= 0.3 is 0 Å². The predicted octanol–water partition coefficient (Wildman–Crippen LogP) is 1.53. The average Bonchev–Trinajstić information content (AvgIpc) is 2.73. The largest absolute Gasteiger partial charge is 0.366 e. The number of nitrogens with zero attached hydrogens (tertiary/aromatic N) is 1. The number of amides is 1. The molecule has 2 unspecified atom stereocenters. The van der Waals surface area contributed by atoms with Crippen molar-refractivity contribution in [2.24, 2.45) is 5.73 Å². The normalized spacial score (nSPS) is 25.8. The summed E-state index contributed by atoms with van der Waals surface area (Å²) in [6.07, 6.45) is 3.89. The maximum Gasteiger partial charge on any atom is 0.248 e. The summed E-state index contributed by atoms with van der Waals surface area (Å²) >= 11 is 0. The van der Waals surface area contributed by atoms with E-state index in [4.69, 9.17) is 5.73 Å². The average molecular weight is 296 g/mol. The van der Waals surface area contributed by atoms with Crippen molar-refractivity contribution in [3.8, 4) is 0 Å². The van der Waals surface area contributed by atoms with Crippen LogP contribution in [0.5, 0.6) is 0 Å². The van der Waals surface area contributed by atoms with Gasteiger partial charge in [-0.15, -0.1) is 12.4 Å². The first kappa shape index (κ1) is 15.3. The molecule has 0 spiro atoms. The summed E-state index contributed by atoms with van der Waals surface area (Å²) < 4.78 is 0. The lowest BCUT2D eigenvalue weighted by Crippen LogP contribution is -2.34. The summed E-state index contributed by atoms with van der Waals surface area (Å²) in [5, 5.41) is 3.69. The van der Waals surface area contributed by atoms with Gasteiger partial charge in [0.15, 0.2) is 0 Å². The van der Waals surface area contributed by atoms with Gasteiger partial charge in [0.05, 0.1) is 0 Å². The Morgan fingerprint density at radius 2 is 1.90 bits per heavy atom. The summed E-state index contributed by atoms with van der Waals surface area (Å²) in [7, 11) is 0. The number of halogens is 1. The Balaban J connectivity index is 0.00000147. The molecule has 4 nitrogen and oxygen atoms in total. The first-order valence-electron chi connectivity index (χ1n) is 7.08. The highest BCUT2D eigenvalue weighted by Crippen LogP contribution is 2.21. The molecule has 0 saturated carbocycles. The van der Waals surface area contributed by atoms with E-state index in [1.165, 1.54) is 24.8 Å². The second-order valence-corrected chi connectivity index (χ2v) is 5.72. The minimum absolute atomic E-state index is 0. The zero-order valence-electron chi connectivity index (χ0n) is 11.5. The molecule has 0 radical (unpaired) electrons. The Morgan fingerprint density at radius 1 is 1.20 bits per heavy atom. The number of benzene rings is 1. The van der Waals surface area contributed by atoms with E-state index >= 15 is 0 Å². The Hall–Kier alpha value is -1.10. The first-order chi connectivity index (χ1) is 9.20. The molecule has 20 heavy (non-hydrogen) atoms. The topological polar surface area (TPSA) is 58.4 Å². The summed E-state index contributed by atoms with van der Waals surface area (Å²) in [5.74, 6) is -0.358. The van der Waals surface area contributed by atoms with Gasteiger partial charge in [0.2, 0.25) is 5.91 Å². The van der Waals surface area contributed by atoms with E-state index in [-0.39, 0.29) is 18.3 Å². The number of fused-ring (bicyclic) bond motifs is 2. The molecule has 0 aromatic heterocycles. The molecule has 110 valence electrons. The van der Waals surface area contributed by atoms with Gasteiger partial charge < -0.3 is 11.1 Å². The van der Waals surface area contributed by atoms with Crippen molar-refractivity contribution in [3.63, 3.8) is 0 Å². The molecule has 2 bridgehead atoms. The summed E-state index contributed by atoms with van der Waals surface area (Å²) in [6, 6.07) is 9.05. The van der Waals surface area contributed by atoms with Crippen molar-refractivity contribution in [2.45, 2.75) is 37.9 Å². The van der Waals surface area contributed by atoms with Crippen molar-refractivity contribution in [1.29, 1.82) is 0 Å². The molecular formula is C15H22ClN3O. The Kier molecular flexibility index (Phi) is 5.02. The van der Waals surface area contributed by atoms with E-state index in [1.54, 1.807) is 0 Å². The highest BCUT2D eigenvalue weighted by molar-refractivity contribution is 5.92. The molecule has 3 N–H and O–H groups in total. The number of carbonyl (C=O) groups excluding carboxylic acids is 1. The number of likely N-dealkylation sites (tertiary alicyclic amines) is 1. The van der Waals surface area contributed by atoms with Gasteiger partial charge in [-0.2, -0.15) is 0 Å². The van der Waals surface area contributed by atoms with E-state index in [0.717, 1.165) is 25.7 Å². The van der Waals surface area contributed by atoms with Crippen molar-refractivity contribution >= 4 is 18.3 Å². The van der Waals surface area contributed by atoms with Crippen LogP contribution < -0.4 is 11.1 Å². The standard InChI is InChI=1S/C15H21N3O.ClH/c16-15(19)12-3-1-11(2-4-12)9-18-8-7-13-5-6-14(10-18)17-13;/h1-4,13-14,17H,5-10H2,(H2,16,19);1H. The number of hydrogen-bond acceptors (Lipinski definition) is 3. The van der Waals surface area contributed by atoms with Gasteiger partial charge in [0.25, 0.3) is 0 Å². The lowest BCUT2D eigenvalue weighted by Gasteiger charge is -2.24. The van der Waals surface area contributed by atoms with Gasteiger partial charge in [-0.05, 0) is 37.0 Å². The van der Waals surface area contributed by atoms with Crippen molar-refractivity contribution in [3.05, 3.63) is 35.4 Å². The van der Waals surface area contributed by atoms with E-state index < -0.39 is 0 Å². The van der Waals surface area contributed by atoms with Gasteiger partial charge in [-0.25, -0.2) is 0 Å². The van der Waals surface area contributed by atoms with Crippen LogP contribution in [-0.4, -0.2) is 36.0 Å². The third-order valence-corrected chi connectivity index (χ3v) is 4.25. The molecule has 2 aliphatic heterocycles. The summed E-state index contributed by atoms with van der Waals surface area (Å²) in [6.45, 7) is 3.25. The number of rotatable bonds is 3. The molecule has 2 aliphatic rings. The molecular weight excluding hydrogens is 274 g/mol. The fraction of sp³-hybridized carbons (Fsp3) is 0.533. The van der Waals surface area contributed by atoms with Crippen molar-refractivity contribution < 1.29 is 4.79 Å². The molecule has 1 aromatic rings. The second kappa shape index (κ2) is 6.57. The van der Waals surface area contributed by atoms with Crippen molar-refractivity contribution in [1.82, 2.24) is 10.2 Å². The molecule has 5 heteroatoms. The molecule has 2 fully saturated rings. The molecule has 2 saturated heterocycles.